The van der Waals surface area contributed by atoms with E-state index in [4.69, 9.17) is 21.1 Å². The van der Waals surface area contributed by atoms with Gasteiger partial charge in [0.1, 0.15) is 5.75 Å². The summed E-state index contributed by atoms with van der Waals surface area (Å²) in [6.45, 7) is 4.66. The molecule has 0 unspecified atom stereocenters. The van der Waals surface area contributed by atoms with Gasteiger partial charge in [-0.2, -0.15) is 0 Å². The number of nitrogens with one attached hydrogen (secondary N) is 1. The molecule has 0 radical (unpaired) electrons. The number of pyridine rings is 1. The van der Waals surface area contributed by atoms with Gasteiger partial charge in [-0.1, -0.05) is 11.6 Å². The van der Waals surface area contributed by atoms with Gasteiger partial charge in [-0.05, 0) is 12.1 Å². The molecule has 1 saturated heterocycles. The Morgan fingerprint density at radius 1 is 1.42 bits per heavy atom. The van der Waals surface area contributed by atoms with Crippen LogP contribution in [-0.2, 0) is 4.74 Å². The van der Waals surface area contributed by atoms with Crippen molar-refractivity contribution in [3.63, 3.8) is 0 Å². The molecule has 1 amide bonds. The predicted molar refractivity (Wildman–Crippen MR) is 92.9 cm³/mol. The summed E-state index contributed by atoms with van der Waals surface area (Å²) < 4.78 is 10.7. The Bertz CT molecular complexity index is 732. The van der Waals surface area contributed by atoms with Crippen molar-refractivity contribution < 1.29 is 14.3 Å². The first-order valence-electron chi connectivity index (χ1n) is 7.89. The Morgan fingerprint density at radius 3 is 2.96 bits per heavy atom. The maximum Gasteiger partial charge on any atom is 0.255 e. The highest BCUT2D eigenvalue weighted by Gasteiger charge is 2.16. The standard InChI is InChI=1S/C17H20ClN3O3/c1-23-16-11-15-12(14(18)2-3-19-15)10-13(16)17(22)20-4-5-21-6-8-24-9-7-21/h2-3,10-11H,4-9H2,1H3,(H,20,22). The van der Waals surface area contributed by atoms with E-state index >= 15 is 0 Å². The first-order valence-corrected chi connectivity index (χ1v) is 8.27. The number of benzene rings is 1. The van der Waals surface area contributed by atoms with Crippen LogP contribution >= 0.6 is 11.6 Å². The molecule has 0 aliphatic carbocycles. The van der Waals surface area contributed by atoms with Crippen molar-refractivity contribution in [3.05, 3.63) is 35.0 Å². The molecule has 0 saturated carbocycles. The SMILES string of the molecule is COc1cc2nccc(Cl)c2cc1C(=O)NCCN1CCOCC1. The second kappa shape index (κ2) is 7.79. The van der Waals surface area contributed by atoms with Gasteiger partial charge in [0, 0.05) is 43.8 Å². The Hall–Kier alpha value is -1.89. The van der Waals surface area contributed by atoms with Crippen molar-refractivity contribution in [1.29, 1.82) is 0 Å². The molecule has 6 nitrogen and oxygen atoms in total. The van der Waals surface area contributed by atoms with Crippen LogP contribution in [-0.4, -0.2) is 62.3 Å². The maximum absolute atomic E-state index is 12.5. The van der Waals surface area contributed by atoms with Crippen molar-refractivity contribution in [3.8, 4) is 5.75 Å². The second-order valence-electron chi connectivity index (χ2n) is 5.57. The van der Waals surface area contributed by atoms with Crippen LogP contribution in [0.3, 0.4) is 0 Å². The molecule has 128 valence electrons. The molecule has 24 heavy (non-hydrogen) atoms. The average Bonchev–Trinajstić information content (AvgIpc) is 2.62. The number of amides is 1. The van der Waals surface area contributed by atoms with Crippen LogP contribution in [0.1, 0.15) is 10.4 Å². The van der Waals surface area contributed by atoms with E-state index in [-0.39, 0.29) is 5.91 Å². The van der Waals surface area contributed by atoms with E-state index in [1.807, 2.05) is 0 Å². The molecule has 0 spiro atoms. The first-order chi connectivity index (χ1) is 11.7. The summed E-state index contributed by atoms with van der Waals surface area (Å²) in [5.41, 5.74) is 1.16. The summed E-state index contributed by atoms with van der Waals surface area (Å²) in [6.07, 6.45) is 1.63. The number of halogens is 1. The Balaban J connectivity index is 1.72. The Labute approximate surface area is 145 Å². The molecule has 0 bridgehead atoms. The highest BCUT2D eigenvalue weighted by Crippen LogP contribution is 2.29. The molecule has 2 aromatic rings. The lowest BCUT2D eigenvalue weighted by Crippen LogP contribution is -2.41. The molecule has 1 aromatic carbocycles. The predicted octanol–water partition coefficient (Wildman–Crippen LogP) is 1.96. The van der Waals surface area contributed by atoms with E-state index in [9.17, 15) is 4.79 Å². The fourth-order valence-corrected chi connectivity index (χ4v) is 2.94. The quantitative estimate of drug-likeness (QED) is 0.894. The maximum atomic E-state index is 12.5. The lowest BCUT2D eigenvalue weighted by atomic mass is 10.1. The van der Waals surface area contributed by atoms with Crippen LogP contribution in [0, 0.1) is 0 Å². The van der Waals surface area contributed by atoms with Crippen LogP contribution in [0.5, 0.6) is 5.75 Å². The highest BCUT2D eigenvalue weighted by atomic mass is 35.5. The summed E-state index contributed by atoms with van der Waals surface area (Å²) >= 11 is 6.20. The number of rotatable bonds is 5. The molecule has 1 fully saturated rings. The van der Waals surface area contributed by atoms with Gasteiger partial charge in [0.25, 0.3) is 5.91 Å². The number of morpholine rings is 1. The largest absolute Gasteiger partial charge is 0.496 e. The van der Waals surface area contributed by atoms with Gasteiger partial charge in [-0.15, -0.1) is 0 Å². The molecule has 2 heterocycles. The van der Waals surface area contributed by atoms with Crippen LogP contribution in [0.25, 0.3) is 10.9 Å². The van der Waals surface area contributed by atoms with Crippen molar-refractivity contribution in [1.82, 2.24) is 15.2 Å². The minimum atomic E-state index is -0.179. The fourth-order valence-electron chi connectivity index (χ4n) is 2.73. The lowest BCUT2D eigenvalue weighted by molar-refractivity contribution is 0.0383. The van der Waals surface area contributed by atoms with E-state index in [0.717, 1.165) is 38.2 Å². The Morgan fingerprint density at radius 2 is 2.21 bits per heavy atom. The minimum absolute atomic E-state index is 0.179. The van der Waals surface area contributed by atoms with Gasteiger partial charge in [-0.3, -0.25) is 14.7 Å². The normalized spacial score (nSPS) is 15.4. The summed E-state index contributed by atoms with van der Waals surface area (Å²) in [5, 5.41) is 4.23. The number of nitrogens with zero attached hydrogens (tertiary/aromatic N) is 2. The number of aromatic nitrogens is 1. The molecular weight excluding hydrogens is 330 g/mol. The third-order valence-corrected chi connectivity index (χ3v) is 4.40. The monoisotopic (exact) mass is 349 g/mol. The highest BCUT2D eigenvalue weighted by molar-refractivity contribution is 6.35. The number of methoxy groups -OCH3 is 1. The molecule has 0 atom stereocenters. The number of ether oxygens (including phenoxy) is 2. The minimum Gasteiger partial charge on any atom is -0.496 e. The first kappa shape index (κ1) is 17.0. The van der Waals surface area contributed by atoms with Gasteiger partial charge in [0.15, 0.2) is 0 Å². The summed E-state index contributed by atoms with van der Waals surface area (Å²) in [6, 6.07) is 5.17. The Kier molecular flexibility index (Phi) is 5.50. The van der Waals surface area contributed by atoms with Crippen molar-refractivity contribution in [2.45, 2.75) is 0 Å². The zero-order valence-electron chi connectivity index (χ0n) is 13.5. The fraction of sp³-hybridized carbons (Fsp3) is 0.412. The van der Waals surface area contributed by atoms with Crippen molar-refractivity contribution in [2.75, 3.05) is 46.5 Å². The second-order valence-corrected chi connectivity index (χ2v) is 5.98. The molecule has 1 aliphatic rings. The van der Waals surface area contributed by atoms with Crippen molar-refractivity contribution >= 4 is 28.4 Å². The molecule has 3 rings (SSSR count). The van der Waals surface area contributed by atoms with Crippen LogP contribution in [0.2, 0.25) is 5.02 Å². The third kappa shape index (κ3) is 3.77. The van der Waals surface area contributed by atoms with E-state index in [2.05, 4.69) is 15.2 Å². The van der Waals surface area contributed by atoms with Gasteiger partial charge in [0.2, 0.25) is 0 Å². The molecule has 1 aromatic heterocycles. The van der Waals surface area contributed by atoms with Gasteiger partial charge in [0.05, 0.1) is 36.4 Å². The average molecular weight is 350 g/mol. The topological polar surface area (TPSA) is 63.7 Å². The van der Waals surface area contributed by atoms with E-state index in [1.165, 1.54) is 7.11 Å². The number of carbonyl (C=O) groups excluding carboxylic acids is 1. The van der Waals surface area contributed by atoms with E-state index in [1.54, 1.807) is 24.4 Å². The zero-order chi connectivity index (χ0) is 16.9. The summed E-state index contributed by atoms with van der Waals surface area (Å²) in [5.74, 6) is 0.308. The molecular formula is C17H20ClN3O3. The van der Waals surface area contributed by atoms with E-state index in [0.29, 0.717) is 28.4 Å². The van der Waals surface area contributed by atoms with Crippen LogP contribution in [0.15, 0.2) is 24.4 Å². The van der Waals surface area contributed by atoms with Crippen LogP contribution in [0.4, 0.5) is 0 Å². The number of hydrogen-bond donors (Lipinski definition) is 1. The smallest absolute Gasteiger partial charge is 0.255 e. The lowest BCUT2D eigenvalue weighted by Gasteiger charge is -2.26. The molecule has 1 aliphatic heterocycles. The van der Waals surface area contributed by atoms with Gasteiger partial charge < -0.3 is 14.8 Å². The third-order valence-electron chi connectivity index (χ3n) is 4.07. The summed E-state index contributed by atoms with van der Waals surface area (Å²) in [7, 11) is 1.54. The number of fused-ring (bicyclic) bond motifs is 1. The van der Waals surface area contributed by atoms with E-state index < -0.39 is 0 Å². The van der Waals surface area contributed by atoms with Crippen LogP contribution < -0.4 is 10.1 Å². The van der Waals surface area contributed by atoms with Crippen molar-refractivity contribution in [2.24, 2.45) is 0 Å². The van der Waals surface area contributed by atoms with Gasteiger partial charge >= 0.3 is 0 Å². The number of carbonyl (C=O) groups is 1. The zero-order valence-corrected chi connectivity index (χ0v) is 14.3. The number of hydrogen-bond acceptors (Lipinski definition) is 5. The summed E-state index contributed by atoms with van der Waals surface area (Å²) in [4.78, 5) is 19.0. The molecule has 7 heteroatoms. The van der Waals surface area contributed by atoms with Gasteiger partial charge in [-0.25, -0.2) is 0 Å². The molecule has 1 N–H and O–H groups in total.